The van der Waals surface area contributed by atoms with Crippen molar-refractivity contribution in [2.45, 2.75) is 32.7 Å². The maximum atomic E-state index is 11.5. The summed E-state index contributed by atoms with van der Waals surface area (Å²) in [6.45, 7) is 4.96. The first-order valence-electron chi connectivity index (χ1n) is 12.8. The minimum Gasteiger partial charge on any atom is -0.481 e. The van der Waals surface area contributed by atoms with Crippen LogP contribution in [0.2, 0.25) is 0 Å². The van der Waals surface area contributed by atoms with E-state index in [1.54, 1.807) is 0 Å². The summed E-state index contributed by atoms with van der Waals surface area (Å²) in [4.78, 5) is 18.6. The number of anilines is 1. The number of aryl methyl sites for hydroxylation is 3. The Bertz CT molecular complexity index is 1700. The number of nitrogens with zero attached hydrogens (tertiary/aromatic N) is 6. The second kappa shape index (κ2) is 7.90. The topological polar surface area (TPSA) is 89.1 Å². The highest BCUT2D eigenvalue weighted by Gasteiger charge is 2.48. The number of aromatic nitrogens is 5. The van der Waals surface area contributed by atoms with Gasteiger partial charge in [-0.15, -0.1) is 0 Å². The van der Waals surface area contributed by atoms with E-state index in [0.717, 1.165) is 68.7 Å². The first-order valence-corrected chi connectivity index (χ1v) is 12.8. The molecule has 2 aromatic carbocycles. The molecule has 1 saturated carbocycles. The number of piperidine rings is 1. The van der Waals surface area contributed by atoms with Gasteiger partial charge in [0, 0.05) is 42.2 Å². The number of aliphatic carboxylic acids is 1. The van der Waals surface area contributed by atoms with Gasteiger partial charge in [-0.3, -0.25) is 9.48 Å². The van der Waals surface area contributed by atoms with E-state index in [1.807, 2.05) is 28.7 Å². The van der Waals surface area contributed by atoms with Crippen molar-refractivity contribution in [2.75, 3.05) is 11.4 Å². The van der Waals surface area contributed by atoms with E-state index in [1.165, 1.54) is 0 Å². The Kier molecular flexibility index (Phi) is 4.70. The Morgan fingerprint density at radius 3 is 2.65 bits per heavy atom. The van der Waals surface area contributed by atoms with Crippen molar-refractivity contribution in [1.82, 2.24) is 24.5 Å². The number of carbonyl (C=O) groups is 1. The lowest BCUT2D eigenvalue weighted by Crippen LogP contribution is -2.38. The van der Waals surface area contributed by atoms with Crippen LogP contribution in [0.15, 0.2) is 54.9 Å². The van der Waals surface area contributed by atoms with E-state index in [4.69, 9.17) is 10.1 Å². The predicted octanol–water partition coefficient (Wildman–Crippen LogP) is 4.89. The highest BCUT2D eigenvalue weighted by molar-refractivity contribution is 6.04. The lowest BCUT2D eigenvalue weighted by Gasteiger charge is -2.30. The van der Waals surface area contributed by atoms with Gasteiger partial charge in [0.2, 0.25) is 0 Å². The summed E-state index contributed by atoms with van der Waals surface area (Å²) in [5.74, 6) is 0.238. The Hall–Kier alpha value is -4.20. The number of fused-ring (bicyclic) bond motifs is 4. The van der Waals surface area contributed by atoms with Crippen LogP contribution in [0.25, 0.3) is 38.8 Å². The first kappa shape index (κ1) is 22.0. The average Bonchev–Trinajstić information content (AvgIpc) is 3.65. The maximum absolute atomic E-state index is 11.5. The van der Waals surface area contributed by atoms with Crippen molar-refractivity contribution in [2.24, 2.45) is 18.9 Å². The molecule has 1 N–H and O–H groups in total. The van der Waals surface area contributed by atoms with Gasteiger partial charge in [-0.25, -0.2) is 9.67 Å². The van der Waals surface area contributed by atoms with E-state index in [9.17, 15) is 9.90 Å². The molecule has 3 atom stereocenters. The van der Waals surface area contributed by atoms with Gasteiger partial charge < -0.3 is 10.0 Å². The Morgan fingerprint density at radius 1 is 1.05 bits per heavy atom. The zero-order valence-corrected chi connectivity index (χ0v) is 21.1. The summed E-state index contributed by atoms with van der Waals surface area (Å²) in [5, 5.41) is 21.4. The van der Waals surface area contributed by atoms with Crippen molar-refractivity contribution in [3.63, 3.8) is 0 Å². The Labute approximate surface area is 214 Å². The Morgan fingerprint density at radius 2 is 1.92 bits per heavy atom. The molecule has 4 heterocycles. The van der Waals surface area contributed by atoms with Gasteiger partial charge in [-0.05, 0) is 68.0 Å². The molecule has 2 aliphatic rings. The lowest BCUT2D eigenvalue weighted by atomic mass is 9.95. The fourth-order valence-electron chi connectivity index (χ4n) is 6.51. The lowest BCUT2D eigenvalue weighted by molar-refractivity contribution is -0.143. The van der Waals surface area contributed by atoms with Crippen LogP contribution < -0.4 is 4.90 Å². The van der Waals surface area contributed by atoms with Crippen molar-refractivity contribution < 1.29 is 9.90 Å². The molecule has 0 spiro atoms. The summed E-state index contributed by atoms with van der Waals surface area (Å²) >= 11 is 0. The van der Waals surface area contributed by atoms with E-state index in [2.05, 4.69) is 66.4 Å². The number of hydrogen-bond donors (Lipinski definition) is 1. The van der Waals surface area contributed by atoms with Gasteiger partial charge in [0.05, 0.1) is 28.8 Å². The third-order valence-electron chi connectivity index (χ3n) is 8.17. The second-order valence-electron chi connectivity index (χ2n) is 10.6. The summed E-state index contributed by atoms with van der Waals surface area (Å²) in [6, 6.07) is 15.0. The van der Waals surface area contributed by atoms with Crippen LogP contribution in [0.4, 0.5) is 5.82 Å². The second-order valence-corrected chi connectivity index (χ2v) is 10.6. The largest absolute Gasteiger partial charge is 0.481 e. The third-order valence-corrected chi connectivity index (χ3v) is 8.17. The predicted molar refractivity (Wildman–Crippen MR) is 143 cm³/mol. The molecule has 8 heteroatoms. The number of carboxylic acids is 1. The van der Waals surface area contributed by atoms with Crippen LogP contribution in [-0.4, -0.2) is 48.2 Å². The summed E-state index contributed by atoms with van der Waals surface area (Å²) < 4.78 is 3.85. The molecule has 7 rings (SSSR count). The zero-order valence-electron chi connectivity index (χ0n) is 21.1. The number of hydrogen-bond acceptors (Lipinski definition) is 5. The molecule has 5 aromatic rings. The third kappa shape index (κ3) is 3.35. The molecule has 1 aliphatic carbocycles. The molecule has 1 saturated heterocycles. The van der Waals surface area contributed by atoms with Crippen molar-refractivity contribution >= 4 is 33.6 Å². The molecule has 8 nitrogen and oxygen atoms in total. The van der Waals surface area contributed by atoms with Crippen LogP contribution in [0.3, 0.4) is 0 Å². The van der Waals surface area contributed by atoms with Gasteiger partial charge in [-0.2, -0.15) is 10.2 Å². The van der Waals surface area contributed by atoms with Gasteiger partial charge >= 0.3 is 5.97 Å². The smallest absolute Gasteiger partial charge is 0.306 e. The minimum absolute atomic E-state index is 0.211. The maximum Gasteiger partial charge on any atom is 0.306 e. The SMILES string of the molecule is Cc1cc(-c2nn(-c3ccc(N4C[C@H]5C[C@@H]4C[C@@H]5C(=O)O)nc3)c3c(C)cccc23)c2cn(C)nc2c1. The normalized spacial score (nSPS) is 20.9. The highest BCUT2D eigenvalue weighted by atomic mass is 16.4. The summed E-state index contributed by atoms with van der Waals surface area (Å²) in [5.41, 5.74) is 7.22. The molecular formula is C29H28N6O2. The monoisotopic (exact) mass is 492 g/mol. The van der Waals surface area contributed by atoms with Crippen LogP contribution in [0, 0.1) is 25.7 Å². The van der Waals surface area contributed by atoms with E-state index >= 15 is 0 Å². The molecule has 1 aliphatic heterocycles. The van der Waals surface area contributed by atoms with E-state index in [-0.39, 0.29) is 17.9 Å². The van der Waals surface area contributed by atoms with Crippen molar-refractivity contribution in [1.29, 1.82) is 0 Å². The Balaban J connectivity index is 1.31. The molecule has 2 bridgehead atoms. The number of carboxylic acid groups (broad SMARTS) is 1. The van der Waals surface area contributed by atoms with Crippen LogP contribution >= 0.6 is 0 Å². The fraction of sp³-hybridized carbons (Fsp3) is 0.310. The zero-order chi connectivity index (χ0) is 25.4. The fourth-order valence-corrected chi connectivity index (χ4v) is 6.51. The molecule has 0 unspecified atom stereocenters. The molecule has 0 amide bonds. The summed E-state index contributed by atoms with van der Waals surface area (Å²) in [6.07, 6.45) is 5.58. The van der Waals surface area contributed by atoms with Crippen LogP contribution in [0.1, 0.15) is 24.0 Å². The highest BCUT2D eigenvalue weighted by Crippen LogP contribution is 2.44. The van der Waals surface area contributed by atoms with E-state index in [0.29, 0.717) is 6.42 Å². The quantitative estimate of drug-likeness (QED) is 0.384. The molecule has 2 fully saturated rings. The van der Waals surface area contributed by atoms with E-state index < -0.39 is 5.97 Å². The van der Waals surface area contributed by atoms with Gasteiger partial charge in [0.15, 0.2) is 0 Å². The molecule has 186 valence electrons. The van der Waals surface area contributed by atoms with Gasteiger partial charge in [-0.1, -0.05) is 18.2 Å². The molecule has 3 aromatic heterocycles. The van der Waals surface area contributed by atoms with Crippen molar-refractivity contribution in [3.05, 3.63) is 66.0 Å². The van der Waals surface area contributed by atoms with Crippen LogP contribution in [0.5, 0.6) is 0 Å². The molecular weight excluding hydrogens is 464 g/mol. The van der Waals surface area contributed by atoms with Gasteiger partial charge in [0.25, 0.3) is 0 Å². The molecule has 37 heavy (non-hydrogen) atoms. The number of benzene rings is 2. The number of pyridine rings is 1. The van der Waals surface area contributed by atoms with Gasteiger partial charge in [0.1, 0.15) is 11.5 Å². The standard InChI is InChI=1S/C29H28N6O2/c1-16-9-23(24-15-33(3)31-25(24)10-16)27-21-6-4-5-17(2)28(21)35(32-27)19-7-8-26(30-13-19)34-14-18-11-20(34)12-22(18)29(36)37/h4-10,13,15,18,20,22H,11-12,14H2,1-3H3,(H,36,37)/t18-,20-,22+/m1/s1. The average molecular weight is 493 g/mol. The summed E-state index contributed by atoms with van der Waals surface area (Å²) in [7, 11) is 1.95. The number of rotatable bonds is 4. The van der Waals surface area contributed by atoms with Crippen LogP contribution in [-0.2, 0) is 11.8 Å². The first-order chi connectivity index (χ1) is 17.9. The number of para-hydroxylation sites is 1. The minimum atomic E-state index is -0.663. The van der Waals surface area contributed by atoms with Crippen molar-refractivity contribution in [3.8, 4) is 16.9 Å². The molecule has 0 radical (unpaired) electrons.